The Morgan fingerprint density at radius 2 is 1.95 bits per heavy atom. The van der Waals surface area contributed by atoms with E-state index in [0.717, 1.165) is 0 Å². The average molecular weight is 309 g/mol. The highest BCUT2D eigenvalue weighted by molar-refractivity contribution is 5.60. The van der Waals surface area contributed by atoms with Gasteiger partial charge in [0, 0.05) is 6.92 Å². The van der Waals surface area contributed by atoms with E-state index in [9.17, 15) is 10.0 Å². The van der Waals surface area contributed by atoms with E-state index in [1.54, 1.807) is 34.6 Å². The van der Waals surface area contributed by atoms with Gasteiger partial charge >= 0.3 is 6.16 Å². The largest absolute Gasteiger partial charge is 0.591 e. The fraction of sp³-hybridized carbons (Fsp3) is 0.917. The minimum atomic E-state index is -1.01. The summed E-state index contributed by atoms with van der Waals surface area (Å²) in [5.41, 5.74) is 1.49. The van der Waals surface area contributed by atoms with Crippen molar-refractivity contribution < 1.29 is 29.5 Å². The maximum Gasteiger partial charge on any atom is 0.511 e. The highest BCUT2D eigenvalue weighted by Gasteiger charge is 2.21. The van der Waals surface area contributed by atoms with E-state index in [4.69, 9.17) is 19.4 Å². The van der Waals surface area contributed by atoms with Gasteiger partial charge in [-0.15, -0.1) is 5.01 Å². The summed E-state index contributed by atoms with van der Waals surface area (Å²) in [5, 5.41) is 21.5. The van der Waals surface area contributed by atoms with Gasteiger partial charge in [0.15, 0.2) is 0 Å². The molecule has 0 aromatic rings. The molecule has 2 atom stereocenters. The number of rotatable bonds is 8. The van der Waals surface area contributed by atoms with Crippen LogP contribution >= 0.6 is 0 Å². The molecule has 2 unspecified atom stereocenters. The molecular weight excluding hydrogens is 282 g/mol. The van der Waals surface area contributed by atoms with Crippen LogP contribution in [0.4, 0.5) is 4.79 Å². The predicted molar refractivity (Wildman–Crippen MR) is 74.3 cm³/mol. The molecule has 0 saturated heterocycles. The molecule has 9 nitrogen and oxygen atoms in total. The monoisotopic (exact) mass is 309 g/mol. The van der Waals surface area contributed by atoms with Crippen molar-refractivity contribution in [2.75, 3.05) is 13.2 Å². The summed E-state index contributed by atoms with van der Waals surface area (Å²) in [6.07, 6.45) is -1.90. The number of hydrogen-bond donors (Lipinski definition) is 3. The maximum absolute atomic E-state index is 11.8. The summed E-state index contributed by atoms with van der Waals surface area (Å²) < 4.78 is 9.75. The van der Waals surface area contributed by atoms with Crippen LogP contribution in [0.3, 0.4) is 0 Å². The third kappa shape index (κ3) is 9.56. The molecule has 0 saturated carbocycles. The number of quaternary nitrogens is 1. The van der Waals surface area contributed by atoms with Crippen LogP contribution in [0.15, 0.2) is 0 Å². The number of ether oxygens (including phenoxy) is 2. The minimum absolute atomic E-state index is 0.108. The molecule has 0 amide bonds. The summed E-state index contributed by atoms with van der Waals surface area (Å²) in [6.45, 7) is 10.2. The number of nitrogens with one attached hydrogen (secondary N) is 2. The number of hydrogen-bond acceptors (Lipinski definition) is 8. The quantitative estimate of drug-likeness (QED) is 0.319. The molecule has 9 heteroatoms. The molecule has 0 aromatic carbocycles. The molecule has 0 aliphatic rings. The number of carbonyl (C=O) groups excluding carboxylic acids is 1. The first kappa shape index (κ1) is 20.0. The molecule has 0 spiro atoms. The highest BCUT2D eigenvalue weighted by atomic mass is 16.9. The van der Waals surface area contributed by atoms with Crippen LogP contribution < -0.4 is 10.9 Å². The SMILES string of the molecule is CC(ON[NH+]([O-])N(CCO)C(C)C)OC(=O)OC(C)(C)C. The van der Waals surface area contributed by atoms with E-state index in [1.165, 1.54) is 11.9 Å². The predicted octanol–water partition coefficient (Wildman–Crippen LogP) is -0.279. The Morgan fingerprint density at radius 3 is 2.38 bits per heavy atom. The molecular formula is C12H27N3O6. The minimum Gasteiger partial charge on any atom is -0.591 e. The number of nitrogens with zero attached hydrogens (tertiary/aromatic N) is 1. The van der Waals surface area contributed by atoms with Crippen molar-refractivity contribution >= 4 is 6.16 Å². The van der Waals surface area contributed by atoms with Crippen molar-refractivity contribution in [2.45, 2.75) is 59.5 Å². The number of carbonyl (C=O) groups is 1. The fourth-order valence-corrected chi connectivity index (χ4v) is 1.33. The van der Waals surface area contributed by atoms with Gasteiger partial charge in [0.05, 0.1) is 19.2 Å². The Morgan fingerprint density at radius 1 is 1.38 bits per heavy atom. The molecule has 0 bridgehead atoms. The maximum atomic E-state index is 11.8. The third-order valence-corrected chi connectivity index (χ3v) is 2.19. The summed E-state index contributed by atoms with van der Waals surface area (Å²) >= 11 is 0. The molecule has 0 aliphatic carbocycles. The molecule has 0 fully saturated rings. The molecule has 3 N–H and O–H groups in total. The zero-order valence-electron chi connectivity index (χ0n) is 13.5. The first-order valence-corrected chi connectivity index (χ1v) is 6.79. The zero-order valence-corrected chi connectivity index (χ0v) is 13.5. The van der Waals surface area contributed by atoms with Crippen molar-refractivity contribution in [2.24, 2.45) is 0 Å². The van der Waals surface area contributed by atoms with E-state index in [-0.39, 0.29) is 19.2 Å². The van der Waals surface area contributed by atoms with Gasteiger partial charge in [0.1, 0.15) is 5.60 Å². The average Bonchev–Trinajstić information content (AvgIpc) is 2.30. The molecule has 0 aliphatic heterocycles. The van der Waals surface area contributed by atoms with Gasteiger partial charge in [-0.2, -0.15) is 5.28 Å². The van der Waals surface area contributed by atoms with Gasteiger partial charge < -0.3 is 19.8 Å². The van der Waals surface area contributed by atoms with Crippen LogP contribution in [-0.2, 0) is 14.3 Å². The lowest BCUT2D eigenvalue weighted by atomic mass is 10.2. The summed E-state index contributed by atoms with van der Waals surface area (Å²) in [4.78, 5) is 16.3. The van der Waals surface area contributed by atoms with Gasteiger partial charge in [-0.3, -0.25) is 0 Å². The van der Waals surface area contributed by atoms with E-state index in [0.29, 0.717) is 0 Å². The lowest BCUT2D eigenvalue weighted by Crippen LogP contribution is -3.21. The number of aliphatic hydroxyl groups is 1. The van der Waals surface area contributed by atoms with Crippen LogP contribution in [0, 0.1) is 5.21 Å². The molecule has 0 aromatic heterocycles. The Labute approximate surface area is 125 Å². The summed E-state index contributed by atoms with van der Waals surface area (Å²) in [5.74, 6) is 0. The third-order valence-electron chi connectivity index (χ3n) is 2.19. The normalized spacial score (nSPS) is 15.1. The van der Waals surface area contributed by atoms with Crippen molar-refractivity contribution in [3.8, 4) is 0 Å². The number of aliphatic hydroxyl groups excluding tert-OH is 1. The van der Waals surface area contributed by atoms with Crippen LogP contribution in [0.1, 0.15) is 41.5 Å². The Balaban J connectivity index is 4.17. The van der Waals surface area contributed by atoms with Gasteiger partial charge in [-0.05, 0) is 40.2 Å². The Hall–Kier alpha value is -0.970. The first-order valence-electron chi connectivity index (χ1n) is 6.79. The van der Waals surface area contributed by atoms with Crippen LogP contribution in [0.2, 0.25) is 0 Å². The molecule has 126 valence electrons. The van der Waals surface area contributed by atoms with Crippen molar-refractivity contribution in [3.63, 3.8) is 0 Å². The Kier molecular flexibility index (Phi) is 8.71. The highest BCUT2D eigenvalue weighted by Crippen LogP contribution is 2.09. The Bertz CT molecular complexity index is 308. The second-order valence-electron chi connectivity index (χ2n) is 5.69. The lowest BCUT2D eigenvalue weighted by Gasteiger charge is -2.34. The second-order valence-corrected chi connectivity index (χ2v) is 5.69. The van der Waals surface area contributed by atoms with Crippen molar-refractivity contribution in [1.29, 1.82) is 0 Å². The van der Waals surface area contributed by atoms with Crippen LogP contribution in [0.5, 0.6) is 0 Å². The standard InChI is InChI=1S/C12H27N3O6/c1-9(2)14(7-8-16)15(18)13-21-10(3)19-11(17)20-12(4,5)6/h9-10,13,15-16H,7-8H2,1-6H3. The van der Waals surface area contributed by atoms with Crippen molar-refractivity contribution in [1.82, 2.24) is 10.6 Å². The molecule has 0 radical (unpaired) electrons. The summed E-state index contributed by atoms with van der Waals surface area (Å²) in [6, 6.07) is -0.108. The van der Waals surface area contributed by atoms with Crippen molar-refractivity contribution in [3.05, 3.63) is 5.21 Å². The molecule has 0 heterocycles. The van der Waals surface area contributed by atoms with E-state index < -0.39 is 23.3 Å². The van der Waals surface area contributed by atoms with E-state index >= 15 is 0 Å². The first-order chi connectivity index (χ1) is 9.56. The van der Waals surface area contributed by atoms with E-state index in [1.807, 2.05) is 0 Å². The summed E-state index contributed by atoms with van der Waals surface area (Å²) in [7, 11) is 0. The van der Waals surface area contributed by atoms with Gasteiger partial charge in [-0.25, -0.2) is 9.63 Å². The topological polar surface area (TPSA) is 108 Å². The second kappa shape index (κ2) is 9.13. The van der Waals surface area contributed by atoms with E-state index in [2.05, 4.69) is 5.59 Å². The molecule has 21 heavy (non-hydrogen) atoms. The fourth-order valence-electron chi connectivity index (χ4n) is 1.33. The smallest absolute Gasteiger partial charge is 0.511 e. The lowest BCUT2D eigenvalue weighted by molar-refractivity contribution is -1.04. The molecule has 0 rings (SSSR count). The van der Waals surface area contributed by atoms with Crippen LogP contribution in [0.25, 0.3) is 0 Å². The van der Waals surface area contributed by atoms with Gasteiger partial charge in [0.2, 0.25) is 6.29 Å². The zero-order chi connectivity index (χ0) is 16.6. The van der Waals surface area contributed by atoms with Gasteiger partial charge in [0.25, 0.3) is 0 Å². The van der Waals surface area contributed by atoms with Crippen LogP contribution in [-0.4, -0.2) is 47.4 Å². The van der Waals surface area contributed by atoms with Gasteiger partial charge in [-0.1, -0.05) is 0 Å².